The molecule has 8 nitrogen and oxygen atoms in total. The summed E-state index contributed by atoms with van der Waals surface area (Å²) in [6.45, 7) is 5.64. The molecule has 2 saturated heterocycles. The van der Waals surface area contributed by atoms with Crippen LogP contribution in [0.2, 0.25) is 0 Å². The molecule has 0 radical (unpaired) electrons. The molecule has 1 atom stereocenters. The second-order valence-electron chi connectivity index (χ2n) is 8.03. The molecule has 0 saturated carbocycles. The van der Waals surface area contributed by atoms with Crippen LogP contribution in [-0.2, 0) is 21.4 Å². The third-order valence-electron chi connectivity index (χ3n) is 6.10. The SMILES string of the molecule is CCn1cnc(S(=O)(=O)N2CCC[C@@H](C(=O)N3CCN(c4ccc(F)cc4)CC3)C2)c1. The number of halogens is 1. The smallest absolute Gasteiger partial charge is 0.262 e. The number of aromatic nitrogens is 2. The predicted molar refractivity (Wildman–Crippen MR) is 115 cm³/mol. The standard InChI is InChI=1S/C21H28FN5O3S/c1-2-24-15-20(23-16-24)31(29,30)27-9-3-4-17(14-27)21(28)26-12-10-25(11-13-26)19-7-5-18(22)6-8-19/h5-8,15-17H,2-4,9-14H2,1H3/t17-/m1/s1. The molecule has 2 aliphatic rings. The van der Waals surface area contributed by atoms with Crippen LogP contribution in [0.3, 0.4) is 0 Å². The molecule has 0 aliphatic carbocycles. The highest BCUT2D eigenvalue weighted by Crippen LogP contribution is 2.25. The second kappa shape index (κ2) is 8.96. The summed E-state index contributed by atoms with van der Waals surface area (Å²) in [5.41, 5.74) is 0.940. The van der Waals surface area contributed by atoms with Crippen LogP contribution >= 0.6 is 0 Å². The zero-order valence-corrected chi connectivity index (χ0v) is 18.5. The van der Waals surface area contributed by atoms with E-state index in [1.807, 2.05) is 11.8 Å². The topological polar surface area (TPSA) is 78.8 Å². The van der Waals surface area contributed by atoms with Gasteiger partial charge in [-0.25, -0.2) is 17.8 Å². The number of imidazole rings is 1. The van der Waals surface area contributed by atoms with Gasteiger partial charge in [0, 0.05) is 57.7 Å². The van der Waals surface area contributed by atoms with Crippen LogP contribution in [0.15, 0.2) is 41.8 Å². The van der Waals surface area contributed by atoms with Gasteiger partial charge in [-0.3, -0.25) is 4.79 Å². The quantitative estimate of drug-likeness (QED) is 0.696. The zero-order valence-electron chi connectivity index (χ0n) is 17.7. The molecule has 2 fully saturated rings. The molecule has 168 valence electrons. The third-order valence-corrected chi connectivity index (χ3v) is 7.85. The number of anilines is 1. The molecule has 2 aliphatic heterocycles. The minimum absolute atomic E-state index is 0.0118. The summed E-state index contributed by atoms with van der Waals surface area (Å²) in [5.74, 6) is -0.595. The van der Waals surface area contributed by atoms with Gasteiger partial charge < -0.3 is 14.4 Å². The largest absolute Gasteiger partial charge is 0.368 e. The summed E-state index contributed by atoms with van der Waals surface area (Å²) in [6.07, 6.45) is 4.39. The summed E-state index contributed by atoms with van der Waals surface area (Å²) in [5, 5.41) is 0.0374. The first-order chi connectivity index (χ1) is 14.9. The van der Waals surface area contributed by atoms with Gasteiger partial charge >= 0.3 is 0 Å². The van der Waals surface area contributed by atoms with Crippen LogP contribution in [0.1, 0.15) is 19.8 Å². The molecule has 1 amide bonds. The van der Waals surface area contributed by atoms with E-state index in [1.54, 1.807) is 16.7 Å². The maximum Gasteiger partial charge on any atom is 0.262 e. The first kappa shape index (κ1) is 21.8. The molecule has 0 unspecified atom stereocenters. The average molecular weight is 450 g/mol. The van der Waals surface area contributed by atoms with Gasteiger partial charge in [0.05, 0.1) is 12.2 Å². The minimum Gasteiger partial charge on any atom is -0.368 e. The van der Waals surface area contributed by atoms with Gasteiger partial charge in [-0.2, -0.15) is 4.31 Å². The minimum atomic E-state index is -3.71. The van der Waals surface area contributed by atoms with Crippen molar-refractivity contribution >= 4 is 21.6 Å². The molecule has 1 aromatic heterocycles. The lowest BCUT2D eigenvalue weighted by Crippen LogP contribution is -2.53. The number of nitrogens with zero attached hydrogens (tertiary/aromatic N) is 5. The fourth-order valence-corrected chi connectivity index (χ4v) is 5.69. The number of hydrogen-bond donors (Lipinski definition) is 0. The van der Waals surface area contributed by atoms with Crippen molar-refractivity contribution in [2.24, 2.45) is 5.92 Å². The van der Waals surface area contributed by atoms with Crippen molar-refractivity contribution in [3.63, 3.8) is 0 Å². The molecule has 31 heavy (non-hydrogen) atoms. The molecule has 0 N–H and O–H groups in total. The Kier molecular flexibility index (Phi) is 6.29. The van der Waals surface area contributed by atoms with E-state index >= 15 is 0 Å². The number of sulfonamides is 1. The van der Waals surface area contributed by atoms with Gasteiger partial charge in [0.15, 0.2) is 5.03 Å². The lowest BCUT2D eigenvalue weighted by atomic mass is 9.97. The monoisotopic (exact) mass is 449 g/mol. The third kappa shape index (κ3) is 4.59. The number of amides is 1. The normalized spacial score (nSPS) is 20.8. The van der Waals surface area contributed by atoms with Crippen LogP contribution in [0.25, 0.3) is 0 Å². The molecule has 0 bridgehead atoms. The van der Waals surface area contributed by atoms with Crippen molar-refractivity contribution in [3.8, 4) is 0 Å². The first-order valence-electron chi connectivity index (χ1n) is 10.7. The number of piperazine rings is 1. The van der Waals surface area contributed by atoms with E-state index in [9.17, 15) is 17.6 Å². The summed E-state index contributed by atoms with van der Waals surface area (Å²) >= 11 is 0. The highest BCUT2D eigenvalue weighted by Gasteiger charge is 2.36. The highest BCUT2D eigenvalue weighted by atomic mass is 32.2. The maximum atomic E-state index is 13.1. The van der Waals surface area contributed by atoms with Crippen LogP contribution in [0, 0.1) is 11.7 Å². The van der Waals surface area contributed by atoms with Gasteiger partial charge in [-0.15, -0.1) is 0 Å². The number of hydrogen-bond acceptors (Lipinski definition) is 5. The molecule has 0 spiro atoms. The van der Waals surface area contributed by atoms with Crippen molar-refractivity contribution in [3.05, 3.63) is 42.6 Å². The Bertz CT molecular complexity index is 1020. The number of piperidine rings is 1. The van der Waals surface area contributed by atoms with Gasteiger partial charge in [0.25, 0.3) is 10.0 Å². The van der Waals surface area contributed by atoms with Gasteiger partial charge in [0.1, 0.15) is 5.82 Å². The van der Waals surface area contributed by atoms with E-state index < -0.39 is 10.0 Å². The van der Waals surface area contributed by atoms with Gasteiger partial charge in [-0.05, 0) is 44.0 Å². The molecule has 4 rings (SSSR count). The van der Waals surface area contributed by atoms with Gasteiger partial charge in [-0.1, -0.05) is 0 Å². The van der Waals surface area contributed by atoms with E-state index in [4.69, 9.17) is 0 Å². The number of carbonyl (C=O) groups excluding carboxylic acids is 1. The van der Waals surface area contributed by atoms with Crippen molar-refractivity contribution in [1.82, 2.24) is 18.8 Å². The fourth-order valence-electron chi connectivity index (χ4n) is 4.24. The molecule has 3 heterocycles. The van der Waals surface area contributed by atoms with Crippen LogP contribution in [0.4, 0.5) is 10.1 Å². The van der Waals surface area contributed by atoms with Gasteiger partial charge in [0.2, 0.25) is 5.91 Å². The van der Waals surface area contributed by atoms with E-state index in [1.165, 1.54) is 29.0 Å². The number of aryl methyl sites for hydroxylation is 1. The molecule has 1 aromatic carbocycles. The Morgan fingerprint density at radius 1 is 1.13 bits per heavy atom. The Hall–Kier alpha value is -2.46. The Balaban J connectivity index is 1.37. The fraction of sp³-hybridized carbons (Fsp3) is 0.524. The van der Waals surface area contributed by atoms with Crippen molar-refractivity contribution < 1.29 is 17.6 Å². The average Bonchev–Trinajstić information content (AvgIpc) is 3.30. The molecular formula is C21H28FN5O3S. The van der Waals surface area contributed by atoms with E-state index in [0.29, 0.717) is 52.1 Å². The molecule has 10 heteroatoms. The Morgan fingerprint density at radius 3 is 2.48 bits per heavy atom. The lowest BCUT2D eigenvalue weighted by molar-refractivity contribution is -0.137. The first-order valence-corrected chi connectivity index (χ1v) is 12.1. The van der Waals surface area contributed by atoms with E-state index in [-0.39, 0.29) is 29.2 Å². The number of rotatable bonds is 5. The second-order valence-corrected chi connectivity index (χ2v) is 9.92. The highest BCUT2D eigenvalue weighted by molar-refractivity contribution is 7.89. The molecular weight excluding hydrogens is 421 g/mol. The van der Waals surface area contributed by atoms with Crippen LogP contribution in [0.5, 0.6) is 0 Å². The zero-order chi connectivity index (χ0) is 22.0. The Morgan fingerprint density at radius 2 is 1.84 bits per heavy atom. The Labute approximate surface area is 182 Å². The van der Waals surface area contributed by atoms with Crippen molar-refractivity contribution in [1.29, 1.82) is 0 Å². The number of benzene rings is 1. The summed E-state index contributed by atoms with van der Waals surface area (Å²) in [6, 6.07) is 6.37. The predicted octanol–water partition coefficient (Wildman–Crippen LogP) is 1.79. The summed E-state index contributed by atoms with van der Waals surface area (Å²) in [4.78, 5) is 21.1. The summed E-state index contributed by atoms with van der Waals surface area (Å²) < 4.78 is 42.2. The van der Waals surface area contributed by atoms with Crippen LogP contribution < -0.4 is 4.90 Å². The van der Waals surface area contributed by atoms with E-state index in [2.05, 4.69) is 9.88 Å². The van der Waals surface area contributed by atoms with Crippen molar-refractivity contribution in [2.75, 3.05) is 44.2 Å². The number of carbonyl (C=O) groups is 1. The van der Waals surface area contributed by atoms with Crippen LogP contribution in [-0.4, -0.2) is 72.3 Å². The van der Waals surface area contributed by atoms with E-state index in [0.717, 1.165) is 5.69 Å². The summed E-state index contributed by atoms with van der Waals surface area (Å²) in [7, 11) is -3.71. The maximum absolute atomic E-state index is 13.1. The molecule has 2 aromatic rings. The lowest BCUT2D eigenvalue weighted by Gasteiger charge is -2.39. The van der Waals surface area contributed by atoms with Crippen molar-refractivity contribution in [2.45, 2.75) is 31.3 Å².